The van der Waals surface area contributed by atoms with Gasteiger partial charge in [0.1, 0.15) is 11.5 Å². The lowest BCUT2D eigenvalue weighted by atomic mass is 10.1. The summed E-state index contributed by atoms with van der Waals surface area (Å²) in [4.78, 5) is 12.1. The Hall–Kier alpha value is -2.21. The van der Waals surface area contributed by atoms with Gasteiger partial charge in [0.15, 0.2) is 0 Å². The first-order chi connectivity index (χ1) is 10.1. The topological polar surface area (TPSA) is 71.4 Å². The predicted octanol–water partition coefficient (Wildman–Crippen LogP) is 1.39. The van der Waals surface area contributed by atoms with E-state index < -0.39 is 0 Å². The summed E-state index contributed by atoms with van der Waals surface area (Å²) < 4.78 is 13.8. The van der Waals surface area contributed by atoms with Gasteiger partial charge >= 0.3 is 5.69 Å². The summed E-state index contributed by atoms with van der Waals surface area (Å²) in [6.07, 6.45) is 3.51. The summed E-state index contributed by atoms with van der Waals surface area (Å²) in [6.45, 7) is 2.95. The molecule has 0 aliphatic heterocycles. The molecule has 0 radical (unpaired) electrons. The van der Waals surface area contributed by atoms with Gasteiger partial charge in [0.2, 0.25) is 0 Å². The minimum Gasteiger partial charge on any atom is -0.497 e. The fraction of sp³-hybridized carbons (Fsp3) is 0.400. The van der Waals surface area contributed by atoms with Crippen LogP contribution in [0.4, 0.5) is 0 Å². The maximum absolute atomic E-state index is 12.1. The first kappa shape index (κ1) is 15.2. The molecule has 6 nitrogen and oxygen atoms in total. The first-order valence-corrected chi connectivity index (χ1v) is 6.83. The molecule has 1 atom stereocenters. The highest BCUT2D eigenvalue weighted by Crippen LogP contribution is 2.28. The van der Waals surface area contributed by atoms with Crippen molar-refractivity contribution in [2.24, 2.45) is 5.73 Å². The molecular formula is C15H21N3O3. The van der Waals surface area contributed by atoms with Gasteiger partial charge < -0.3 is 15.2 Å². The summed E-state index contributed by atoms with van der Waals surface area (Å²) in [6, 6.07) is 5.11. The van der Waals surface area contributed by atoms with Crippen LogP contribution < -0.4 is 20.9 Å². The van der Waals surface area contributed by atoms with Crippen LogP contribution in [0.1, 0.15) is 18.5 Å². The molecule has 1 heterocycles. The van der Waals surface area contributed by atoms with Crippen LogP contribution in [0.15, 0.2) is 35.4 Å². The molecule has 1 aromatic carbocycles. The van der Waals surface area contributed by atoms with Crippen molar-refractivity contribution in [3.05, 3.63) is 46.6 Å². The van der Waals surface area contributed by atoms with Crippen molar-refractivity contribution < 1.29 is 9.47 Å². The number of hydrogen-bond donors (Lipinski definition) is 1. The van der Waals surface area contributed by atoms with Crippen LogP contribution in [0, 0.1) is 0 Å². The Labute approximate surface area is 123 Å². The lowest BCUT2D eigenvalue weighted by Gasteiger charge is -2.17. The third-order valence-corrected chi connectivity index (χ3v) is 3.49. The van der Waals surface area contributed by atoms with Gasteiger partial charge in [-0.25, -0.2) is 4.79 Å². The smallest absolute Gasteiger partial charge is 0.328 e. The minimum absolute atomic E-state index is 0.0604. The predicted molar refractivity (Wildman–Crippen MR) is 80.8 cm³/mol. The second kappa shape index (κ2) is 6.49. The molecule has 0 aliphatic rings. The number of nitrogens with two attached hydrogens (primary N) is 1. The lowest BCUT2D eigenvalue weighted by Crippen LogP contribution is -2.28. The Kier molecular flexibility index (Phi) is 4.70. The zero-order valence-electron chi connectivity index (χ0n) is 12.6. The molecule has 1 aromatic heterocycles. The molecule has 0 aliphatic carbocycles. The molecule has 1 unspecified atom stereocenters. The van der Waals surface area contributed by atoms with Crippen molar-refractivity contribution in [2.45, 2.75) is 26.1 Å². The van der Waals surface area contributed by atoms with Crippen molar-refractivity contribution in [1.82, 2.24) is 9.13 Å². The van der Waals surface area contributed by atoms with Crippen LogP contribution in [0.3, 0.4) is 0 Å². The van der Waals surface area contributed by atoms with Crippen molar-refractivity contribution in [3.63, 3.8) is 0 Å². The van der Waals surface area contributed by atoms with Crippen molar-refractivity contribution in [2.75, 3.05) is 14.2 Å². The van der Waals surface area contributed by atoms with E-state index in [1.807, 2.05) is 25.1 Å². The molecule has 0 amide bonds. The van der Waals surface area contributed by atoms with Gasteiger partial charge in [-0.1, -0.05) is 0 Å². The van der Waals surface area contributed by atoms with Gasteiger partial charge in [-0.3, -0.25) is 9.13 Å². The van der Waals surface area contributed by atoms with Gasteiger partial charge in [-0.05, 0) is 25.1 Å². The molecule has 2 N–H and O–H groups in total. The molecule has 0 spiro atoms. The van der Waals surface area contributed by atoms with Crippen molar-refractivity contribution >= 4 is 0 Å². The van der Waals surface area contributed by atoms with Gasteiger partial charge in [0.25, 0.3) is 0 Å². The highest BCUT2D eigenvalue weighted by Gasteiger charge is 2.15. The number of aryl methyl sites for hydroxylation is 1. The quantitative estimate of drug-likeness (QED) is 0.873. The Balaban J connectivity index is 2.28. The van der Waals surface area contributed by atoms with Crippen LogP contribution in [0.25, 0.3) is 0 Å². The van der Waals surface area contributed by atoms with Crippen LogP contribution in [0.2, 0.25) is 0 Å². The van der Waals surface area contributed by atoms with E-state index in [0.717, 1.165) is 5.56 Å². The van der Waals surface area contributed by atoms with E-state index in [4.69, 9.17) is 15.2 Å². The minimum atomic E-state index is -0.361. The number of hydrogen-bond acceptors (Lipinski definition) is 4. The summed E-state index contributed by atoms with van der Waals surface area (Å²) in [5.74, 6) is 1.39. The molecular weight excluding hydrogens is 270 g/mol. The van der Waals surface area contributed by atoms with Crippen molar-refractivity contribution in [1.29, 1.82) is 0 Å². The third kappa shape index (κ3) is 3.11. The number of nitrogens with zero attached hydrogens (tertiary/aromatic N) is 2. The normalized spacial score (nSPS) is 12.2. The summed E-state index contributed by atoms with van der Waals surface area (Å²) >= 11 is 0. The standard InChI is InChI=1S/C15H21N3O3/c1-4-17-7-8-18(15(17)19)10-13(16)12-9-11(20-2)5-6-14(12)21-3/h5-9,13H,4,10,16H2,1-3H3. The molecule has 0 saturated carbocycles. The van der Waals surface area contributed by atoms with E-state index in [9.17, 15) is 4.79 Å². The molecule has 2 aromatic rings. The van der Waals surface area contributed by atoms with Gasteiger partial charge in [-0.15, -0.1) is 0 Å². The largest absolute Gasteiger partial charge is 0.497 e. The van der Waals surface area contributed by atoms with E-state index in [-0.39, 0.29) is 11.7 Å². The molecule has 21 heavy (non-hydrogen) atoms. The average molecular weight is 291 g/mol. The third-order valence-electron chi connectivity index (χ3n) is 3.49. The second-order valence-electron chi connectivity index (χ2n) is 4.73. The lowest BCUT2D eigenvalue weighted by molar-refractivity contribution is 0.391. The molecule has 114 valence electrons. The first-order valence-electron chi connectivity index (χ1n) is 6.83. The highest BCUT2D eigenvalue weighted by molar-refractivity contribution is 5.42. The van der Waals surface area contributed by atoms with Crippen LogP contribution in [-0.4, -0.2) is 23.4 Å². The monoisotopic (exact) mass is 291 g/mol. The number of ether oxygens (including phenoxy) is 2. The molecule has 0 bridgehead atoms. The van der Waals surface area contributed by atoms with Gasteiger partial charge in [0, 0.05) is 31.0 Å². The number of benzene rings is 1. The van der Waals surface area contributed by atoms with E-state index in [1.54, 1.807) is 35.7 Å². The maximum Gasteiger partial charge on any atom is 0.328 e. The van der Waals surface area contributed by atoms with Gasteiger partial charge in [0.05, 0.1) is 20.3 Å². The van der Waals surface area contributed by atoms with Crippen LogP contribution >= 0.6 is 0 Å². The van der Waals surface area contributed by atoms with Crippen LogP contribution in [0.5, 0.6) is 11.5 Å². The van der Waals surface area contributed by atoms with Crippen molar-refractivity contribution in [3.8, 4) is 11.5 Å². The average Bonchev–Trinajstić information content (AvgIpc) is 2.86. The van der Waals surface area contributed by atoms with Crippen LogP contribution in [-0.2, 0) is 13.1 Å². The number of methoxy groups -OCH3 is 2. The number of aromatic nitrogens is 2. The summed E-state index contributed by atoms with van der Waals surface area (Å²) in [5.41, 5.74) is 6.99. The summed E-state index contributed by atoms with van der Waals surface area (Å²) in [7, 11) is 3.20. The van der Waals surface area contributed by atoms with E-state index in [0.29, 0.717) is 24.6 Å². The van der Waals surface area contributed by atoms with E-state index in [1.165, 1.54) is 0 Å². The molecule has 0 saturated heterocycles. The highest BCUT2D eigenvalue weighted by atomic mass is 16.5. The Morgan fingerprint density at radius 2 is 1.90 bits per heavy atom. The second-order valence-corrected chi connectivity index (χ2v) is 4.73. The maximum atomic E-state index is 12.1. The molecule has 0 fully saturated rings. The zero-order valence-corrected chi connectivity index (χ0v) is 12.6. The molecule has 2 rings (SSSR count). The summed E-state index contributed by atoms with van der Waals surface area (Å²) in [5, 5.41) is 0. The Morgan fingerprint density at radius 3 is 2.48 bits per heavy atom. The fourth-order valence-electron chi connectivity index (χ4n) is 2.27. The van der Waals surface area contributed by atoms with E-state index >= 15 is 0 Å². The Bertz CT molecular complexity index is 660. The SMILES string of the molecule is CCn1ccn(CC(N)c2cc(OC)ccc2OC)c1=O. The fourth-order valence-corrected chi connectivity index (χ4v) is 2.27. The number of imidazole rings is 1. The number of rotatable bonds is 6. The van der Waals surface area contributed by atoms with Gasteiger partial charge in [-0.2, -0.15) is 0 Å². The van der Waals surface area contributed by atoms with E-state index in [2.05, 4.69) is 0 Å². The molecule has 6 heteroatoms. The zero-order chi connectivity index (χ0) is 15.4. The Morgan fingerprint density at radius 1 is 1.19 bits per heavy atom.